The maximum Gasteiger partial charge on any atom is 0.146 e. The predicted octanol–water partition coefficient (Wildman–Crippen LogP) is 1.85. The van der Waals surface area contributed by atoms with Crippen molar-refractivity contribution in [3.63, 3.8) is 0 Å². The molecular formula is C11H20Cl2N4. The first-order valence-electron chi connectivity index (χ1n) is 5.47. The van der Waals surface area contributed by atoms with Crippen molar-refractivity contribution in [3.05, 3.63) is 18.1 Å². The fraction of sp³-hybridized carbons (Fsp3) is 0.636. The van der Waals surface area contributed by atoms with Crippen LogP contribution in [0.4, 0.5) is 5.82 Å². The summed E-state index contributed by atoms with van der Waals surface area (Å²) in [7, 11) is 3.99. The average Bonchev–Trinajstić information content (AvgIpc) is 2.30. The number of hydrogen-bond donors (Lipinski definition) is 1. The lowest BCUT2D eigenvalue weighted by atomic mass is 9.95. The molecule has 0 spiro atoms. The summed E-state index contributed by atoms with van der Waals surface area (Å²) in [5.74, 6) is 1.53. The van der Waals surface area contributed by atoms with Crippen molar-refractivity contribution < 1.29 is 0 Å². The molecule has 1 saturated heterocycles. The Morgan fingerprint density at radius 2 is 1.82 bits per heavy atom. The molecule has 1 aliphatic heterocycles. The number of hydrogen-bond acceptors (Lipinski definition) is 4. The highest BCUT2D eigenvalue weighted by atomic mass is 35.5. The number of anilines is 1. The summed E-state index contributed by atoms with van der Waals surface area (Å²) in [5.41, 5.74) is 1.14. The second-order valence-corrected chi connectivity index (χ2v) is 4.22. The highest BCUT2D eigenvalue weighted by Crippen LogP contribution is 2.23. The van der Waals surface area contributed by atoms with Gasteiger partial charge in [0.1, 0.15) is 5.82 Å². The summed E-state index contributed by atoms with van der Waals surface area (Å²) in [6.07, 6.45) is 6.06. The van der Waals surface area contributed by atoms with Crippen LogP contribution in [0.15, 0.2) is 12.4 Å². The minimum atomic E-state index is 0. The van der Waals surface area contributed by atoms with Crippen molar-refractivity contribution in [2.75, 3.05) is 32.1 Å². The lowest BCUT2D eigenvalue weighted by Gasteiger charge is -2.22. The van der Waals surface area contributed by atoms with Crippen molar-refractivity contribution in [2.45, 2.75) is 18.8 Å². The maximum absolute atomic E-state index is 4.63. The Morgan fingerprint density at radius 1 is 1.18 bits per heavy atom. The molecule has 0 saturated carbocycles. The molecule has 0 atom stereocenters. The second-order valence-electron chi connectivity index (χ2n) is 4.22. The Kier molecular flexibility index (Phi) is 7.43. The van der Waals surface area contributed by atoms with Gasteiger partial charge in [0.15, 0.2) is 0 Å². The Morgan fingerprint density at radius 3 is 2.41 bits per heavy atom. The molecule has 1 fully saturated rings. The van der Waals surface area contributed by atoms with E-state index in [-0.39, 0.29) is 24.8 Å². The fourth-order valence-electron chi connectivity index (χ4n) is 1.90. The molecule has 0 radical (unpaired) electrons. The molecule has 0 bridgehead atoms. The van der Waals surface area contributed by atoms with E-state index in [1.807, 2.05) is 31.4 Å². The van der Waals surface area contributed by atoms with E-state index in [1.165, 1.54) is 12.8 Å². The van der Waals surface area contributed by atoms with Crippen molar-refractivity contribution in [2.24, 2.45) is 0 Å². The minimum Gasteiger partial charge on any atom is -0.361 e. The van der Waals surface area contributed by atoms with Gasteiger partial charge in [0.2, 0.25) is 0 Å². The van der Waals surface area contributed by atoms with Gasteiger partial charge in [-0.05, 0) is 25.9 Å². The van der Waals surface area contributed by atoms with Crippen molar-refractivity contribution in [1.82, 2.24) is 15.3 Å². The summed E-state index contributed by atoms with van der Waals surface area (Å²) in [4.78, 5) is 10.9. The molecule has 2 rings (SSSR count). The minimum absolute atomic E-state index is 0. The molecule has 1 aromatic heterocycles. The van der Waals surface area contributed by atoms with Gasteiger partial charge in [0.05, 0.1) is 11.9 Å². The summed E-state index contributed by atoms with van der Waals surface area (Å²) in [6, 6.07) is 0. The third-order valence-corrected chi connectivity index (χ3v) is 2.86. The number of aromatic nitrogens is 2. The van der Waals surface area contributed by atoms with Crippen LogP contribution in [0.25, 0.3) is 0 Å². The van der Waals surface area contributed by atoms with E-state index in [2.05, 4.69) is 15.3 Å². The van der Waals surface area contributed by atoms with Crippen LogP contribution < -0.4 is 10.2 Å². The quantitative estimate of drug-likeness (QED) is 0.897. The van der Waals surface area contributed by atoms with Gasteiger partial charge in [-0.1, -0.05) is 0 Å². The first-order valence-corrected chi connectivity index (χ1v) is 5.47. The van der Waals surface area contributed by atoms with E-state index >= 15 is 0 Å². The number of halogens is 2. The average molecular weight is 279 g/mol. The molecule has 1 aliphatic rings. The van der Waals surface area contributed by atoms with Crippen LogP contribution in [0, 0.1) is 0 Å². The highest BCUT2D eigenvalue weighted by Gasteiger charge is 2.17. The zero-order valence-electron chi connectivity index (χ0n) is 10.2. The lowest BCUT2D eigenvalue weighted by Crippen LogP contribution is -2.27. The number of nitrogens with one attached hydrogen (secondary N) is 1. The third-order valence-electron chi connectivity index (χ3n) is 2.86. The molecule has 17 heavy (non-hydrogen) atoms. The first kappa shape index (κ1) is 16.4. The smallest absolute Gasteiger partial charge is 0.146 e. The normalized spacial score (nSPS) is 15.6. The highest BCUT2D eigenvalue weighted by molar-refractivity contribution is 5.85. The number of piperidine rings is 1. The van der Waals surface area contributed by atoms with E-state index in [4.69, 9.17) is 0 Å². The van der Waals surface area contributed by atoms with E-state index in [0.717, 1.165) is 24.6 Å². The Labute approximate surface area is 115 Å². The Bertz CT molecular complexity index is 327. The SMILES string of the molecule is CN(C)c1cncc(C2CCNCC2)n1.Cl.Cl. The lowest BCUT2D eigenvalue weighted by molar-refractivity contribution is 0.452. The molecule has 98 valence electrons. The Hall–Kier alpha value is -0.580. The van der Waals surface area contributed by atoms with E-state index in [9.17, 15) is 0 Å². The Balaban J connectivity index is 0.00000128. The van der Waals surface area contributed by atoms with E-state index in [1.54, 1.807) is 0 Å². The van der Waals surface area contributed by atoms with Crippen LogP contribution in [-0.2, 0) is 0 Å². The van der Waals surface area contributed by atoms with E-state index < -0.39 is 0 Å². The molecule has 0 aliphatic carbocycles. The van der Waals surface area contributed by atoms with Crippen LogP contribution in [0.1, 0.15) is 24.5 Å². The molecular weight excluding hydrogens is 259 g/mol. The molecule has 0 unspecified atom stereocenters. The van der Waals surface area contributed by atoms with Crippen LogP contribution in [0.2, 0.25) is 0 Å². The largest absolute Gasteiger partial charge is 0.361 e. The topological polar surface area (TPSA) is 41.1 Å². The zero-order chi connectivity index (χ0) is 10.7. The summed E-state index contributed by atoms with van der Waals surface area (Å²) >= 11 is 0. The molecule has 0 aromatic carbocycles. The fourth-order valence-corrected chi connectivity index (χ4v) is 1.90. The monoisotopic (exact) mass is 278 g/mol. The maximum atomic E-state index is 4.63. The van der Waals surface area contributed by atoms with Gasteiger partial charge in [-0.25, -0.2) is 4.98 Å². The van der Waals surface area contributed by atoms with Crippen molar-refractivity contribution in [3.8, 4) is 0 Å². The zero-order valence-corrected chi connectivity index (χ0v) is 11.9. The van der Waals surface area contributed by atoms with Gasteiger partial charge in [0.25, 0.3) is 0 Å². The van der Waals surface area contributed by atoms with Gasteiger partial charge in [-0.15, -0.1) is 24.8 Å². The van der Waals surface area contributed by atoms with Gasteiger partial charge >= 0.3 is 0 Å². The van der Waals surface area contributed by atoms with E-state index in [0.29, 0.717) is 5.92 Å². The first-order chi connectivity index (χ1) is 7.27. The second kappa shape index (κ2) is 7.69. The van der Waals surface area contributed by atoms with Gasteiger partial charge in [0, 0.05) is 26.2 Å². The summed E-state index contributed by atoms with van der Waals surface area (Å²) in [6.45, 7) is 2.19. The third kappa shape index (κ3) is 4.30. The van der Waals surface area contributed by atoms with Crippen LogP contribution in [0.3, 0.4) is 0 Å². The van der Waals surface area contributed by atoms with Crippen molar-refractivity contribution in [1.29, 1.82) is 0 Å². The van der Waals surface area contributed by atoms with Crippen LogP contribution in [-0.4, -0.2) is 37.2 Å². The van der Waals surface area contributed by atoms with Gasteiger partial charge in [-0.2, -0.15) is 0 Å². The molecule has 2 heterocycles. The molecule has 6 heteroatoms. The van der Waals surface area contributed by atoms with Crippen LogP contribution >= 0.6 is 24.8 Å². The standard InChI is InChI=1S/C11H18N4.2ClH/c1-15(2)11-8-13-7-10(14-11)9-3-5-12-6-4-9;;/h7-9,12H,3-6H2,1-2H3;2*1H. The molecule has 0 amide bonds. The number of nitrogens with zero attached hydrogens (tertiary/aromatic N) is 3. The molecule has 1 N–H and O–H groups in total. The van der Waals surface area contributed by atoms with Crippen LogP contribution in [0.5, 0.6) is 0 Å². The van der Waals surface area contributed by atoms with Gasteiger partial charge in [-0.3, -0.25) is 4.98 Å². The molecule has 1 aromatic rings. The number of rotatable bonds is 2. The van der Waals surface area contributed by atoms with Crippen molar-refractivity contribution >= 4 is 30.6 Å². The molecule has 4 nitrogen and oxygen atoms in total. The summed E-state index contributed by atoms with van der Waals surface area (Å²) < 4.78 is 0. The van der Waals surface area contributed by atoms with Gasteiger partial charge < -0.3 is 10.2 Å². The summed E-state index contributed by atoms with van der Waals surface area (Å²) in [5, 5.41) is 3.36. The predicted molar refractivity (Wildman–Crippen MR) is 75.7 cm³/mol.